The molecule has 206 valence electrons. The molecule has 7 rings (SSSR count). The van der Waals surface area contributed by atoms with Crippen LogP contribution >= 0.6 is 0 Å². The normalized spacial score (nSPS) is 14.4. The van der Waals surface area contributed by atoms with Crippen molar-refractivity contribution in [1.82, 2.24) is 35.2 Å². The van der Waals surface area contributed by atoms with E-state index in [1.807, 2.05) is 104 Å². The Kier molecular flexibility index (Phi) is 6.94. The van der Waals surface area contributed by atoms with Gasteiger partial charge in [-0.05, 0) is 73.2 Å². The lowest BCUT2D eigenvalue weighted by atomic mass is 10.1. The van der Waals surface area contributed by atoms with Crippen LogP contribution in [-0.4, -0.2) is 41.6 Å². The Hall–Kier alpha value is -5.96. The molecule has 0 saturated carbocycles. The van der Waals surface area contributed by atoms with Crippen LogP contribution < -0.4 is 5.32 Å². The molecule has 0 aliphatic carbocycles. The van der Waals surface area contributed by atoms with Gasteiger partial charge in [0, 0.05) is 53.9 Å². The van der Waals surface area contributed by atoms with E-state index < -0.39 is 6.17 Å². The number of aryl methyl sites for hydroxylation is 1. The maximum absolute atomic E-state index is 4.96. The second-order valence-corrected chi connectivity index (χ2v) is 9.95. The molecule has 9 nitrogen and oxygen atoms in total. The fraction of sp³-hybridized carbons (Fsp3) is 0.0588. The van der Waals surface area contributed by atoms with Gasteiger partial charge in [-0.1, -0.05) is 24.3 Å². The highest BCUT2D eigenvalue weighted by molar-refractivity contribution is 6.12. The number of rotatable bonds is 6. The van der Waals surface area contributed by atoms with Gasteiger partial charge in [0.25, 0.3) is 0 Å². The molecule has 0 radical (unpaired) electrons. The van der Waals surface area contributed by atoms with Gasteiger partial charge in [0.1, 0.15) is 12.0 Å². The van der Waals surface area contributed by atoms with Crippen molar-refractivity contribution in [2.45, 2.75) is 13.1 Å². The predicted octanol–water partition coefficient (Wildman–Crippen LogP) is 5.86. The Bertz CT molecular complexity index is 1900. The summed E-state index contributed by atoms with van der Waals surface area (Å²) < 4.78 is 0. The molecular weight excluding hydrogens is 534 g/mol. The molecule has 6 aromatic heterocycles. The Balaban J connectivity index is 1.23. The van der Waals surface area contributed by atoms with Crippen LogP contribution in [0.5, 0.6) is 0 Å². The van der Waals surface area contributed by atoms with Crippen molar-refractivity contribution in [2.24, 2.45) is 9.98 Å². The molecule has 1 atom stereocenters. The summed E-state index contributed by atoms with van der Waals surface area (Å²) in [5.74, 6) is 1.20. The van der Waals surface area contributed by atoms with Crippen LogP contribution in [0, 0.1) is 6.92 Å². The SMILES string of the molecule is Cc1ccc(-c2ccc(C3N=C(c4ccc(-c5ccccn5)nc4)N=C(c4ccc(-c5ccccn5)nc4)N3)cn2)nc1. The number of aromatic nitrogens is 6. The van der Waals surface area contributed by atoms with E-state index in [9.17, 15) is 0 Å². The van der Waals surface area contributed by atoms with Gasteiger partial charge < -0.3 is 5.32 Å². The van der Waals surface area contributed by atoms with Gasteiger partial charge in [-0.2, -0.15) is 0 Å². The lowest BCUT2D eigenvalue weighted by Gasteiger charge is -2.23. The first-order chi connectivity index (χ1) is 21.2. The fourth-order valence-corrected chi connectivity index (χ4v) is 4.63. The Morgan fingerprint density at radius 3 is 1.58 bits per heavy atom. The Morgan fingerprint density at radius 1 is 0.512 bits per heavy atom. The van der Waals surface area contributed by atoms with Crippen molar-refractivity contribution >= 4 is 11.7 Å². The third-order valence-electron chi connectivity index (χ3n) is 6.93. The van der Waals surface area contributed by atoms with Crippen molar-refractivity contribution in [3.63, 3.8) is 0 Å². The zero-order valence-corrected chi connectivity index (χ0v) is 23.2. The number of aliphatic imine (C=N–C) groups is 2. The number of hydrogen-bond donors (Lipinski definition) is 1. The molecule has 9 heteroatoms. The molecular formula is C34H25N9. The molecule has 1 aliphatic rings. The molecule has 43 heavy (non-hydrogen) atoms. The minimum atomic E-state index is -0.430. The molecule has 7 heterocycles. The second-order valence-electron chi connectivity index (χ2n) is 9.95. The summed E-state index contributed by atoms with van der Waals surface area (Å²) in [6.45, 7) is 2.01. The predicted molar refractivity (Wildman–Crippen MR) is 166 cm³/mol. The number of pyridine rings is 6. The summed E-state index contributed by atoms with van der Waals surface area (Å²) in [7, 11) is 0. The summed E-state index contributed by atoms with van der Waals surface area (Å²) in [6.07, 6.45) is 10.3. The first kappa shape index (κ1) is 26.0. The van der Waals surface area contributed by atoms with Gasteiger partial charge in [-0.3, -0.25) is 29.9 Å². The molecule has 0 fully saturated rings. The van der Waals surface area contributed by atoms with Crippen molar-refractivity contribution in [2.75, 3.05) is 0 Å². The third kappa shape index (κ3) is 5.64. The summed E-state index contributed by atoms with van der Waals surface area (Å²) in [5.41, 5.74) is 8.38. The third-order valence-corrected chi connectivity index (χ3v) is 6.93. The quantitative estimate of drug-likeness (QED) is 0.272. The van der Waals surface area contributed by atoms with Gasteiger partial charge in [-0.15, -0.1) is 0 Å². The molecule has 0 aromatic carbocycles. The van der Waals surface area contributed by atoms with Gasteiger partial charge in [0.2, 0.25) is 0 Å². The lowest BCUT2D eigenvalue weighted by molar-refractivity contribution is 0.671. The molecule has 0 saturated heterocycles. The average Bonchev–Trinajstić information content (AvgIpc) is 3.09. The highest BCUT2D eigenvalue weighted by atomic mass is 15.2. The minimum absolute atomic E-state index is 0.430. The first-order valence-electron chi connectivity index (χ1n) is 13.8. The van der Waals surface area contributed by atoms with E-state index in [2.05, 4.69) is 35.2 Å². The van der Waals surface area contributed by atoms with Crippen LogP contribution in [0.1, 0.15) is 28.4 Å². The molecule has 0 spiro atoms. The van der Waals surface area contributed by atoms with Crippen LogP contribution in [0.3, 0.4) is 0 Å². The maximum Gasteiger partial charge on any atom is 0.160 e. The van der Waals surface area contributed by atoms with E-state index >= 15 is 0 Å². The number of nitrogens with one attached hydrogen (secondary N) is 1. The standard InChI is InChI=1S/C34H25N9/c1-22-8-12-28(37-18-22)31-15-11-25(21-40-31)34-42-32(23-9-13-29(38-19-23)26-6-2-4-16-35-26)41-33(43-34)24-10-14-30(39-20-24)27-7-3-5-17-36-27/h2-21,34H,1H3,(H,41,42,43). The van der Waals surface area contributed by atoms with E-state index in [1.54, 1.807) is 24.8 Å². The largest absolute Gasteiger partial charge is 0.344 e. The van der Waals surface area contributed by atoms with E-state index in [4.69, 9.17) is 9.98 Å². The molecule has 6 aromatic rings. The van der Waals surface area contributed by atoms with Crippen LogP contribution in [-0.2, 0) is 0 Å². The highest BCUT2D eigenvalue weighted by Crippen LogP contribution is 2.24. The topological polar surface area (TPSA) is 114 Å². The Morgan fingerprint density at radius 2 is 1.07 bits per heavy atom. The highest BCUT2D eigenvalue weighted by Gasteiger charge is 2.22. The summed E-state index contributed by atoms with van der Waals surface area (Å²) >= 11 is 0. The van der Waals surface area contributed by atoms with E-state index in [0.717, 1.165) is 56.4 Å². The van der Waals surface area contributed by atoms with Gasteiger partial charge in [-0.25, -0.2) is 9.98 Å². The average molecular weight is 560 g/mol. The smallest absolute Gasteiger partial charge is 0.160 e. The van der Waals surface area contributed by atoms with Crippen molar-refractivity contribution in [3.05, 3.63) is 144 Å². The van der Waals surface area contributed by atoms with Gasteiger partial charge in [0.15, 0.2) is 5.84 Å². The van der Waals surface area contributed by atoms with E-state index in [1.165, 1.54) is 0 Å². The molecule has 1 unspecified atom stereocenters. The first-order valence-corrected chi connectivity index (χ1v) is 13.8. The summed E-state index contributed by atoms with van der Waals surface area (Å²) in [6, 6.07) is 27.3. The molecule has 1 N–H and O–H groups in total. The number of hydrogen-bond acceptors (Lipinski definition) is 9. The van der Waals surface area contributed by atoms with Crippen molar-refractivity contribution in [3.8, 4) is 34.2 Å². The van der Waals surface area contributed by atoms with E-state index in [-0.39, 0.29) is 0 Å². The van der Waals surface area contributed by atoms with Crippen LogP contribution in [0.15, 0.2) is 132 Å². The van der Waals surface area contributed by atoms with Crippen LogP contribution in [0.25, 0.3) is 34.2 Å². The summed E-state index contributed by atoms with van der Waals surface area (Å²) in [5, 5.41) is 3.47. The van der Waals surface area contributed by atoms with Gasteiger partial charge in [0.05, 0.1) is 34.2 Å². The molecule has 0 bridgehead atoms. The lowest BCUT2D eigenvalue weighted by Crippen LogP contribution is -2.33. The second kappa shape index (κ2) is 11.5. The van der Waals surface area contributed by atoms with Crippen LogP contribution in [0.2, 0.25) is 0 Å². The number of amidine groups is 2. The zero-order valence-electron chi connectivity index (χ0n) is 23.2. The molecule has 0 amide bonds. The number of nitrogens with zero attached hydrogens (tertiary/aromatic N) is 8. The van der Waals surface area contributed by atoms with Crippen molar-refractivity contribution < 1.29 is 0 Å². The minimum Gasteiger partial charge on any atom is -0.344 e. The summed E-state index contributed by atoms with van der Waals surface area (Å²) in [4.78, 5) is 37.1. The van der Waals surface area contributed by atoms with Crippen LogP contribution in [0.4, 0.5) is 0 Å². The Labute approximate surface area is 248 Å². The van der Waals surface area contributed by atoms with Crippen molar-refractivity contribution in [1.29, 1.82) is 0 Å². The molecule has 1 aliphatic heterocycles. The zero-order chi connectivity index (χ0) is 29.0. The van der Waals surface area contributed by atoms with Gasteiger partial charge >= 0.3 is 0 Å². The monoisotopic (exact) mass is 559 g/mol. The maximum atomic E-state index is 4.96. The fourth-order valence-electron chi connectivity index (χ4n) is 4.63. The van der Waals surface area contributed by atoms with E-state index in [0.29, 0.717) is 11.7 Å².